The van der Waals surface area contributed by atoms with Crippen molar-refractivity contribution in [3.05, 3.63) is 18.2 Å². The van der Waals surface area contributed by atoms with Gasteiger partial charge in [0.15, 0.2) is 0 Å². The average Bonchev–Trinajstić information content (AvgIpc) is 2.44. The monoisotopic (exact) mass is 268 g/mol. The largest absolute Gasteiger partial charge is 0.497 e. The van der Waals surface area contributed by atoms with Crippen LogP contribution in [0.25, 0.3) is 0 Å². The summed E-state index contributed by atoms with van der Waals surface area (Å²) in [6.07, 6.45) is 1.90. The molecular weight excluding hydrogens is 244 g/mol. The smallest absolute Gasteiger partial charge is 0.142 e. The Kier molecular flexibility index (Phi) is 7.07. The first-order valence-electron chi connectivity index (χ1n) is 6.42. The van der Waals surface area contributed by atoms with Crippen LogP contribution in [0.3, 0.4) is 0 Å². The molecule has 108 valence electrons. The molecule has 0 heterocycles. The van der Waals surface area contributed by atoms with Crippen molar-refractivity contribution in [2.45, 2.75) is 18.9 Å². The summed E-state index contributed by atoms with van der Waals surface area (Å²) in [6, 6.07) is 5.88. The van der Waals surface area contributed by atoms with Crippen LogP contribution in [0.4, 0.5) is 5.69 Å². The molecule has 3 N–H and O–H groups in total. The van der Waals surface area contributed by atoms with Gasteiger partial charge < -0.3 is 25.3 Å². The molecular formula is C14H24N2O3. The Morgan fingerprint density at radius 3 is 2.58 bits per heavy atom. The summed E-state index contributed by atoms with van der Waals surface area (Å²) in [7, 11) is 4.99. The number of anilines is 1. The number of nitrogens with two attached hydrogens (primary N) is 1. The molecule has 19 heavy (non-hydrogen) atoms. The van der Waals surface area contributed by atoms with Gasteiger partial charge in [-0.05, 0) is 31.5 Å². The summed E-state index contributed by atoms with van der Waals surface area (Å²) < 4.78 is 15.8. The molecule has 0 aliphatic heterocycles. The van der Waals surface area contributed by atoms with E-state index >= 15 is 0 Å². The first kappa shape index (κ1) is 15.6. The number of benzene rings is 1. The number of hydrogen-bond acceptors (Lipinski definition) is 5. The van der Waals surface area contributed by atoms with Gasteiger partial charge in [-0.3, -0.25) is 0 Å². The Labute approximate surface area is 115 Å². The first-order valence-corrected chi connectivity index (χ1v) is 6.42. The Morgan fingerprint density at radius 2 is 2.00 bits per heavy atom. The minimum Gasteiger partial charge on any atom is -0.497 e. The lowest BCUT2D eigenvalue weighted by molar-refractivity contribution is 0.182. The molecule has 1 atom stereocenters. The van der Waals surface area contributed by atoms with Gasteiger partial charge in [0.1, 0.15) is 11.5 Å². The van der Waals surface area contributed by atoms with E-state index < -0.39 is 0 Å². The molecule has 0 spiro atoms. The molecule has 5 heteroatoms. The predicted octanol–water partition coefficient (Wildman–Crippen LogP) is 1.87. The van der Waals surface area contributed by atoms with E-state index in [9.17, 15) is 0 Å². The fourth-order valence-electron chi connectivity index (χ4n) is 1.91. The Bertz CT molecular complexity index is 372. The third-order valence-corrected chi connectivity index (χ3v) is 2.89. The van der Waals surface area contributed by atoms with Crippen molar-refractivity contribution in [2.24, 2.45) is 5.73 Å². The van der Waals surface area contributed by atoms with Gasteiger partial charge in [-0.15, -0.1) is 0 Å². The quantitative estimate of drug-likeness (QED) is 0.715. The van der Waals surface area contributed by atoms with Gasteiger partial charge in [0.05, 0.1) is 26.5 Å². The lowest BCUT2D eigenvalue weighted by Gasteiger charge is -2.21. The maximum Gasteiger partial charge on any atom is 0.142 e. The zero-order valence-corrected chi connectivity index (χ0v) is 11.9. The van der Waals surface area contributed by atoms with Crippen LogP contribution in [-0.4, -0.2) is 40.5 Å². The van der Waals surface area contributed by atoms with Gasteiger partial charge in [0.25, 0.3) is 0 Å². The summed E-state index contributed by atoms with van der Waals surface area (Å²) >= 11 is 0. The van der Waals surface area contributed by atoms with Crippen molar-refractivity contribution < 1.29 is 14.2 Å². The van der Waals surface area contributed by atoms with Crippen molar-refractivity contribution in [3.63, 3.8) is 0 Å². The van der Waals surface area contributed by atoms with Crippen LogP contribution in [0.5, 0.6) is 11.5 Å². The van der Waals surface area contributed by atoms with E-state index in [1.54, 1.807) is 21.3 Å². The molecule has 1 aromatic rings. The SMILES string of the molecule is COCC(CCCN)Nc1cc(OC)ccc1OC. The standard InChI is InChI=1S/C14H24N2O3/c1-17-10-11(5-4-8-15)16-13-9-12(18-2)6-7-14(13)19-3/h6-7,9,11,16H,4-5,8,10,15H2,1-3H3. The fourth-order valence-corrected chi connectivity index (χ4v) is 1.91. The van der Waals surface area contributed by atoms with E-state index in [-0.39, 0.29) is 6.04 Å². The normalized spacial score (nSPS) is 12.0. The number of rotatable bonds is 9. The Morgan fingerprint density at radius 1 is 1.21 bits per heavy atom. The van der Waals surface area contributed by atoms with E-state index in [1.165, 1.54) is 0 Å². The van der Waals surface area contributed by atoms with Gasteiger partial charge in [-0.1, -0.05) is 0 Å². The van der Waals surface area contributed by atoms with Crippen molar-refractivity contribution in [1.29, 1.82) is 0 Å². The summed E-state index contributed by atoms with van der Waals surface area (Å²) in [5.74, 6) is 1.58. The minimum absolute atomic E-state index is 0.203. The second-order valence-corrected chi connectivity index (χ2v) is 4.29. The highest BCUT2D eigenvalue weighted by Gasteiger charge is 2.12. The highest BCUT2D eigenvalue weighted by molar-refractivity contribution is 5.60. The van der Waals surface area contributed by atoms with Gasteiger partial charge in [-0.2, -0.15) is 0 Å². The van der Waals surface area contributed by atoms with Crippen molar-refractivity contribution in [1.82, 2.24) is 0 Å². The zero-order valence-electron chi connectivity index (χ0n) is 11.9. The second kappa shape index (κ2) is 8.61. The molecule has 1 rings (SSSR count). The fraction of sp³-hybridized carbons (Fsp3) is 0.571. The molecule has 0 bridgehead atoms. The molecule has 0 saturated heterocycles. The van der Waals surface area contributed by atoms with E-state index in [0.717, 1.165) is 30.0 Å². The molecule has 1 unspecified atom stereocenters. The number of hydrogen-bond donors (Lipinski definition) is 2. The predicted molar refractivity (Wildman–Crippen MR) is 77.1 cm³/mol. The molecule has 0 aromatic heterocycles. The van der Waals surface area contributed by atoms with Crippen molar-refractivity contribution in [3.8, 4) is 11.5 Å². The summed E-state index contributed by atoms with van der Waals surface area (Å²) in [4.78, 5) is 0. The van der Waals surface area contributed by atoms with Crippen LogP contribution >= 0.6 is 0 Å². The number of methoxy groups -OCH3 is 3. The van der Waals surface area contributed by atoms with Crippen LogP contribution in [-0.2, 0) is 4.74 Å². The van der Waals surface area contributed by atoms with Crippen LogP contribution in [0.1, 0.15) is 12.8 Å². The third-order valence-electron chi connectivity index (χ3n) is 2.89. The van der Waals surface area contributed by atoms with Crippen LogP contribution in [0.2, 0.25) is 0 Å². The molecule has 0 fully saturated rings. The van der Waals surface area contributed by atoms with Gasteiger partial charge >= 0.3 is 0 Å². The minimum atomic E-state index is 0.203. The van der Waals surface area contributed by atoms with Crippen LogP contribution < -0.4 is 20.5 Å². The van der Waals surface area contributed by atoms with Gasteiger partial charge in [-0.25, -0.2) is 0 Å². The van der Waals surface area contributed by atoms with Gasteiger partial charge in [0, 0.05) is 19.2 Å². The van der Waals surface area contributed by atoms with E-state index in [1.807, 2.05) is 18.2 Å². The molecule has 0 aliphatic rings. The first-order chi connectivity index (χ1) is 9.24. The Balaban J connectivity index is 2.80. The number of ether oxygens (including phenoxy) is 3. The number of nitrogens with one attached hydrogen (secondary N) is 1. The van der Waals surface area contributed by atoms with Crippen LogP contribution in [0, 0.1) is 0 Å². The molecule has 5 nitrogen and oxygen atoms in total. The van der Waals surface area contributed by atoms with E-state index in [0.29, 0.717) is 13.2 Å². The van der Waals surface area contributed by atoms with Crippen molar-refractivity contribution in [2.75, 3.05) is 39.8 Å². The topological polar surface area (TPSA) is 65.7 Å². The highest BCUT2D eigenvalue weighted by atomic mass is 16.5. The Hall–Kier alpha value is -1.46. The average molecular weight is 268 g/mol. The lowest BCUT2D eigenvalue weighted by atomic mass is 10.1. The summed E-state index contributed by atoms with van der Waals surface area (Å²) in [6.45, 7) is 1.30. The highest BCUT2D eigenvalue weighted by Crippen LogP contribution is 2.29. The zero-order chi connectivity index (χ0) is 14.1. The molecule has 1 aromatic carbocycles. The molecule has 0 aliphatic carbocycles. The maximum absolute atomic E-state index is 5.55. The molecule has 0 saturated carbocycles. The lowest BCUT2D eigenvalue weighted by Crippen LogP contribution is -2.26. The van der Waals surface area contributed by atoms with Gasteiger partial charge in [0.2, 0.25) is 0 Å². The second-order valence-electron chi connectivity index (χ2n) is 4.29. The molecule has 0 amide bonds. The van der Waals surface area contributed by atoms with E-state index in [4.69, 9.17) is 19.9 Å². The molecule has 0 radical (unpaired) electrons. The third kappa shape index (κ3) is 4.96. The van der Waals surface area contributed by atoms with Crippen LogP contribution in [0.15, 0.2) is 18.2 Å². The van der Waals surface area contributed by atoms with Crippen molar-refractivity contribution >= 4 is 5.69 Å². The maximum atomic E-state index is 5.55. The van der Waals surface area contributed by atoms with E-state index in [2.05, 4.69) is 5.32 Å². The summed E-state index contributed by atoms with van der Waals surface area (Å²) in [5.41, 5.74) is 6.46. The summed E-state index contributed by atoms with van der Waals surface area (Å²) in [5, 5.41) is 3.42.